The maximum atomic E-state index is 11.5. The topological polar surface area (TPSA) is 178 Å². The molecule has 140 valence electrons. The van der Waals surface area contributed by atoms with Gasteiger partial charge in [0.15, 0.2) is 0 Å². The Kier molecular flexibility index (Phi) is 10.0. The van der Waals surface area contributed by atoms with Gasteiger partial charge in [-0.2, -0.15) is 16.8 Å². The van der Waals surface area contributed by atoms with E-state index in [1.54, 1.807) is 0 Å². The number of nitro benzene ring substituents is 1. The van der Waals surface area contributed by atoms with E-state index in [2.05, 4.69) is 0 Å². The van der Waals surface area contributed by atoms with Crippen molar-refractivity contribution in [3.8, 4) is 0 Å². The molecule has 0 spiro atoms. The van der Waals surface area contributed by atoms with E-state index < -0.39 is 40.6 Å². The number of hydrogen-bond acceptors (Lipinski definition) is 7. The summed E-state index contributed by atoms with van der Waals surface area (Å²) in [6.07, 6.45) is 2.27. The molecule has 0 aromatic heterocycles. The van der Waals surface area contributed by atoms with Crippen molar-refractivity contribution < 1.29 is 30.9 Å². The minimum absolute atomic E-state index is 0. The molecule has 0 aliphatic carbocycles. The van der Waals surface area contributed by atoms with Crippen LogP contribution in [0.15, 0.2) is 46.2 Å². The predicted molar refractivity (Wildman–Crippen MR) is 104 cm³/mol. The minimum Gasteiger partial charge on any atom is -0.399 e. The molecule has 2 aromatic rings. The average molecular weight is 446 g/mol. The quantitative estimate of drug-likeness (QED) is 0.151. The Morgan fingerprint density at radius 3 is 1.71 bits per heavy atom. The second-order valence-corrected chi connectivity index (χ2v) is 7.84. The molecule has 0 saturated heterocycles. The SMILES string of the molecule is Nc1ccc(C=Cc2ccc([N+](=O)[O-])cc2S(=O)(=O)O)c(S(=O)(=O)O)c1.[Na].[Na]. The molecule has 0 aliphatic heterocycles. The van der Waals surface area contributed by atoms with E-state index in [9.17, 15) is 36.1 Å². The van der Waals surface area contributed by atoms with Crippen LogP contribution >= 0.6 is 0 Å². The van der Waals surface area contributed by atoms with Crippen molar-refractivity contribution in [2.75, 3.05) is 5.73 Å². The number of nitro groups is 1. The second-order valence-electron chi connectivity index (χ2n) is 5.06. The van der Waals surface area contributed by atoms with Crippen molar-refractivity contribution in [1.82, 2.24) is 0 Å². The molecule has 0 aliphatic rings. The molecule has 2 aromatic carbocycles. The Morgan fingerprint density at radius 2 is 1.29 bits per heavy atom. The summed E-state index contributed by atoms with van der Waals surface area (Å²) in [4.78, 5) is 8.69. The maximum Gasteiger partial charge on any atom is 0.295 e. The number of benzene rings is 2. The molecule has 0 atom stereocenters. The summed E-state index contributed by atoms with van der Waals surface area (Å²) in [6.45, 7) is 0. The van der Waals surface area contributed by atoms with Crippen LogP contribution in [0.4, 0.5) is 11.4 Å². The summed E-state index contributed by atoms with van der Waals surface area (Å²) in [5, 5.41) is 10.8. The summed E-state index contributed by atoms with van der Waals surface area (Å²) in [6, 6.07) is 6.39. The minimum atomic E-state index is -4.78. The first-order chi connectivity index (χ1) is 11.9. The molecule has 4 N–H and O–H groups in total. The smallest absolute Gasteiger partial charge is 0.295 e. The van der Waals surface area contributed by atoms with Crippen LogP contribution in [0, 0.1) is 10.1 Å². The van der Waals surface area contributed by atoms with Crippen molar-refractivity contribution in [2.24, 2.45) is 0 Å². The monoisotopic (exact) mass is 446 g/mol. The maximum absolute atomic E-state index is 11.5. The standard InChI is InChI=1S/C14H12N2O8S2.2Na/c15-11-5-3-9(13(7-11)25(19,20)21)1-2-10-4-6-12(16(17)18)8-14(10)26(22,23)24;;/h1-8H,15H2,(H,19,20,21)(H,22,23,24);;. The number of hydrogen-bond donors (Lipinski definition) is 3. The Labute approximate surface area is 205 Å². The van der Waals surface area contributed by atoms with Gasteiger partial charge in [-0.3, -0.25) is 19.2 Å². The van der Waals surface area contributed by atoms with Gasteiger partial charge in [0, 0.05) is 76.9 Å². The Morgan fingerprint density at radius 1 is 0.857 bits per heavy atom. The molecule has 14 heteroatoms. The van der Waals surface area contributed by atoms with Gasteiger partial charge in [-0.05, 0) is 29.3 Å². The summed E-state index contributed by atoms with van der Waals surface area (Å²) < 4.78 is 64.3. The van der Waals surface area contributed by atoms with E-state index in [4.69, 9.17) is 5.73 Å². The van der Waals surface area contributed by atoms with E-state index in [1.807, 2.05) is 0 Å². The number of non-ortho nitro benzene ring substituents is 1. The normalized spacial score (nSPS) is 11.5. The zero-order chi connectivity index (χ0) is 19.7. The molecule has 0 heterocycles. The second kappa shape index (κ2) is 10.3. The fraction of sp³-hybridized carbons (Fsp3) is 0. The van der Waals surface area contributed by atoms with Crippen molar-refractivity contribution in [3.05, 3.63) is 57.6 Å². The largest absolute Gasteiger partial charge is 0.399 e. The molecular formula is C14H12N2Na2O8S2. The third-order valence-electron chi connectivity index (χ3n) is 3.24. The van der Waals surface area contributed by atoms with E-state index in [-0.39, 0.29) is 75.9 Å². The van der Waals surface area contributed by atoms with Gasteiger partial charge in [-0.25, -0.2) is 0 Å². The van der Waals surface area contributed by atoms with Gasteiger partial charge in [0.05, 0.1) is 4.92 Å². The first-order valence-electron chi connectivity index (χ1n) is 6.70. The Hall–Kier alpha value is -0.800. The predicted octanol–water partition coefficient (Wildman–Crippen LogP) is 1.08. The number of nitrogens with two attached hydrogens (primary N) is 1. The zero-order valence-corrected chi connectivity index (χ0v) is 20.4. The number of nitrogen functional groups attached to an aromatic ring is 1. The zero-order valence-electron chi connectivity index (χ0n) is 14.8. The molecule has 0 bridgehead atoms. The van der Waals surface area contributed by atoms with Gasteiger partial charge >= 0.3 is 0 Å². The molecule has 2 rings (SSSR count). The fourth-order valence-corrected chi connectivity index (χ4v) is 3.51. The molecule has 28 heavy (non-hydrogen) atoms. The van der Waals surface area contributed by atoms with E-state index in [0.29, 0.717) is 6.07 Å². The third-order valence-corrected chi connectivity index (χ3v) is 5.06. The number of nitrogens with zero attached hydrogens (tertiary/aromatic N) is 1. The van der Waals surface area contributed by atoms with Crippen molar-refractivity contribution in [1.29, 1.82) is 0 Å². The van der Waals surface area contributed by atoms with Crippen LogP contribution in [-0.4, -0.2) is 90.0 Å². The van der Waals surface area contributed by atoms with Crippen LogP contribution in [0.3, 0.4) is 0 Å². The van der Waals surface area contributed by atoms with Crippen LogP contribution in [0.25, 0.3) is 12.2 Å². The Bertz CT molecular complexity index is 1130. The van der Waals surface area contributed by atoms with Crippen LogP contribution in [0.2, 0.25) is 0 Å². The first kappa shape index (κ1) is 27.2. The fourth-order valence-electron chi connectivity index (χ4n) is 2.09. The van der Waals surface area contributed by atoms with Crippen molar-refractivity contribution in [2.45, 2.75) is 9.79 Å². The summed E-state index contributed by atoms with van der Waals surface area (Å²) in [5.41, 5.74) is 4.86. The molecule has 10 nitrogen and oxygen atoms in total. The molecule has 0 fully saturated rings. The van der Waals surface area contributed by atoms with E-state index in [1.165, 1.54) is 12.1 Å². The van der Waals surface area contributed by atoms with Gasteiger partial charge in [0.1, 0.15) is 9.79 Å². The number of anilines is 1. The van der Waals surface area contributed by atoms with Gasteiger partial charge in [-0.15, -0.1) is 0 Å². The van der Waals surface area contributed by atoms with Gasteiger partial charge < -0.3 is 5.73 Å². The van der Waals surface area contributed by atoms with Gasteiger partial charge in [-0.1, -0.05) is 18.2 Å². The Balaban J connectivity index is 0.00000364. The molecule has 0 amide bonds. The molecule has 0 saturated carbocycles. The van der Waals surface area contributed by atoms with Crippen molar-refractivity contribution in [3.63, 3.8) is 0 Å². The average Bonchev–Trinajstić information content (AvgIpc) is 2.51. The molecule has 0 unspecified atom stereocenters. The number of rotatable bonds is 5. The summed E-state index contributed by atoms with van der Waals surface area (Å²) in [5.74, 6) is 0. The first-order valence-corrected chi connectivity index (χ1v) is 9.58. The summed E-state index contributed by atoms with van der Waals surface area (Å²) in [7, 11) is -9.39. The van der Waals surface area contributed by atoms with E-state index >= 15 is 0 Å². The van der Waals surface area contributed by atoms with Gasteiger partial charge in [0.2, 0.25) is 0 Å². The molecular weight excluding hydrogens is 434 g/mol. The van der Waals surface area contributed by atoms with Crippen LogP contribution in [0.5, 0.6) is 0 Å². The van der Waals surface area contributed by atoms with E-state index in [0.717, 1.165) is 30.4 Å². The third kappa shape index (κ3) is 6.91. The summed E-state index contributed by atoms with van der Waals surface area (Å²) >= 11 is 0. The van der Waals surface area contributed by atoms with Crippen LogP contribution in [-0.2, 0) is 20.2 Å². The van der Waals surface area contributed by atoms with Gasteiger partial charge in [0.25, 0.3) is 25.9 Å². The van der Waals surface area contributed by atoms with Crippen LogP contribution < -0.4 is 5.73 Å². The van der Waals surface area contributed by atoms with Crippen molar-refractivity contribution >= 4 is 103 Å². The van der Waals surface area contributed by atoms with Crippen LogP contribution in [0.1, 0.15) is 11.1 Å². The molecule has 2 radical (unpaired) electrons.